The molecule has 6 nitrogen and oxygen atoms in total. The number of rotatable bonds is 4. The number of carbonyl (C=O) groups excluding carboxylic acids is 1. The van der Waals surface area contributed by atoms with Gasteiger partial charge in [0.2, 0.25) is 0 Å². The Labute approximate surface area is 103 Å². The quantitative estimate of drug-likeness (QED) is 0.234. The van der Waals surface area contributed by atoms with Crippen LogP contribution in [-0.2, 0) is 24.3 Å². The summed E-state index contributed by atoms with van der Waals surface area (Å²) in [4.78, 5) is 7.75. The van der Waals surface area contributed by atoms with E-state index in [0.717, 1.165) is 7.11 Å². The Balaban J connectivity index is -0.0000000318. The third kappa shape index (κ3) is 123. The maximum atomic E-state index is 7.91. The molecule has 5 N–H and O–H groups in total. The summed E-state index contributed by atoms with van der Waals surface area (Å²) >= 11 is 0. The molecular formula is C8H21O6Ru. The van der Waals surface area contributed by atoms with Crippen molar-refractivity contribution < 1.29 is 49.8 Å². The smallest absolute Gasteiger partial charge is 0.545 e. The third-order valence-electron chi connectivity index (χ3n) is 0.632. The van der Waals surface area contributed by atoms with Crippen LogP contribution in [-0.4, -0.2) is 65.9 Å². The molecule has 0 bridgehead atoms. The van der Waals surface area contributed by atoms with Crippen LogP contribution in [0.3, 0.4) is 0 Å². The Morgan fingerprint density at radius 2 is 0.867 bits per heavy atom. The van der Waals surface area contributed by atoms with Gasteiger partial charge in [-0.05, 0) is 12.8 Å². The molecule has 0 saturated carbocycles. The van der Waals surface area contributed by atoms with Crippen LogP contribution in [0, 0.1) is 0 Å². The van der Waals surface area contributed by atoms with Crippen LogP contribution in [0.2, 0.25) is 0 Å². The predicted octanol–water partition coefficient (Wildman–Crippen LogP) is -1.95. The molecular weight excluding hydrogens is 293 g/mol. The van der Waals surface area contributed by atoms with Gasteiger partial charge in [0.15, 0.2) is 0 Å². The molecule has 0 rings (SSSR count). The summed E-state index contributed by atoms with van der Waals surface area (Å²) in [5, 5.41) is 38.6. The fraction of sp³-hybridized carbons (Fsp3) is 0.875. The Kier molecular flexibility index (Phi) is 128. The molecule has 0 fully saturated rings. The van der Waals surface area contributed by atoms with E-state index < -0.39 is 0 Å². The van der Waals surface area contributed by atoms with Gasteiger partial charge in [-0.25, -0.2) is 0 Å². The second kappa shape index (κ2) is 65.1. The molecule has 0 unspecified atom stereocenters. The van der Waals surface area contributed by atoms with Gasteiger partial charge >= 0.3 is 19.5 Å². The molecule has 7 heteroatoms. The minimum absolute atomic E-state index is 0. The first-order valence-electron chi connectivity index (χ1n) is 3.95. The minimum Gasteiger partial charge on any atom is -0.545 e. The van der Waals surface area contributed by atoms with Crippen molar-refractivity contribution in [3.8, 4) is 0 Å². The van der Waals surface area contributed by atoms with E-state index >= 15 is 0 Å². The first kappa shape index (κ1) is 29.4. The summed E-state index contributed by atoms with van der Waals surface area (Å²) in [6.07, 6.45) is 1.00. The third-order valence-corrected chi connectivity index (χ3v) is 0.632. The van der Waals surface area contributed by atoms with Crippen molar-refractivity contribution in [2.45, 2.75) is 12.8 Å². The minimum atomic E-state index is 0. The first-order valence-corrected chi connectivity index (χ1v) is 3.95. The van der Waals surface area contributed by atoms with Crippen molar-refractivity contribution in [1.29, 1.82) is 0 Å². The van der Waals surface area contributed by atoms with Gasteiger partial charge < -0.3 is 30.3 Å². The maximum absolute atomic E-state index is 7.91. The zero-order valence-electron chi connectivity index (χ0n) is 8.82. The zero-order chi connectivity index (χ0) is 12.2. The zero-order valence-corrected chi connectivity index (χ0v) is 10.6. The molecule has 15 heavy (non-hydrogen) atoms. The number of hydrogen-bond donors (Lipinski definition) is 5. The molecule has 0 aliphatic rings. The summed E-state index contributed by atoms with van der Waals surface area (Å²) in [5.41, 5.74) is 0. The summed E-state index contributed by atoms with van der Waals surface area (Å²) in [6, 6.07) is 0. The van der Waals surface area contributed by atoms with Crippen molar-refractivity contribution in [2.24, 2.45) is 0 Å². The van der Waals surface area contributed by atoms with Crippen molar-refractivity contribution >= 4 is 6.79 Å². The average molecular weight is 314 g/mol. The molecule has 0 amide bonds. The molecule has 1 radical (unpaired) electrons. The molecule has 0 spiro atoms. The average Bonchev–Trinajstić information content (AvgIpc) is 2.27. The van der Waals surface area contributed by atoms with Crippen molar-refractivity contribution in [1.82, 2.24) is 0 Å². The van der Waals surface area contributed by atoms with Gasteiger partial charge in [-0.15, -0.1) is 0 Å². The molecule has 0 saturated heterocycles. The fourth-order valence-electron chi connectivity index (χ4n) is 0.141. The molecule has 97 valence electrons. The van der Waals surface area contributed by atoms with Crippen molar-refractivity contribution in [2.75, 3.05) is 33.5 Å². The predicted molar refractivity (Wildman–Crippen MR) is 52.5 cm³/mol. The van der Waals surface area contributed by atoms with E-state index in [-0.39, 0.29) is 45.9 Å². The summed E-state index contributed by atoms with van der Waals surface area (Å²) < 4.78 is 0. The van der Waals surface area contributed by atoms with E-state index in [9.17, 15) is 0 Å². The Morgan fingerprint density at radius 1 is 0.733 bits per heavy atom. The largest absolute Gasteiger partial charge is 1.00 e. The Hall–Kier alpha value is 0.0934. The van der Waals surface area contributed by atoms with Gasteiger partial charge in [-0.1, -0.05) is 0 Å². The van der Waals surface area contributed by atoms with E-state index in [2.05, 4.69) is 6.79 Å². The number of aliphatic hydroxyl groups is 5. The van der Waals surface area contributed by atoms with Gasteiger partial charge in [0.05, 0.1) is 0 Å². The molecule has 0 aromatic heterocycles. The van der Waals surface area contributed by atoms with Gasteiger partial charge in [0.25, 0.3) is 0 Å². The second-order valence-corrected chi connectivity index (χ2v) is 1.60. The standard InChI is InChI=1S/2C3H8O2.CH4O.CHO.Ru/c2*4-2-1-3-5;2*1-2;/h2*4-5H,1-3H2;2H,1H3;1H;/q;;;-1;+1. The van der Waals surface area contributed by atoms with Crippen LogP contribution in [0.5, 0.6) is 0 Å². The summed E-state index contributed by atoms with van der Waals surface area (Å²) in [7, 11) is 1.00. The molecule has 0 aliphatic heterocycles. The Morgan fingerprint density at radius 3 is 0.867 bits per heavy atom. The molecule has 0 atom stereocenters. The van der Waals surface area contributed by atoms with E-state index in [0.29, 0.717) is 12.8 Å². The molecule has 0 aromatic carbocycles. The fourth-order valence-corrected chi connectivity index (χ4v) is 0.141. The van der Waals surface area contributed by atoms with E-state index in [1.165, 1.54) is 0 Å². The normalized spacial score (nSPS) is 6.27. The van der Waals surface area contributed by atoms with Crippen LogP contribution in [0.4, 0.5) is 0 Å². The summed E-state index contributed by atoms with van der Waals surface area (Å²) in [5.74, 6) is 0. The first-order chi connectivity index (χ1) is 6.83. The van der Waals surface area contributed by atoms with Crippen molar-refractivity contribution in [3.05, 3.63) is 0 Å². The molecule has 0 aromatic rings. The molecule has 0 aliphatic carbocycles. The second-order valence-electron chi connectivity index (χ2n) is 1.60. The van der Waals surface area contributed by atoms with Crippen LogP contribution >= 0.6 is 0 Å². The van der Waals surface area contributed by atoms with E-state index in [1.807, 2.05) is 0 Å². The van der Waals surface area contributed by atoms with Gasteiger partial charge in [0, 0.05) is 33.5 Å². The number of hydrogen-bond acceptors (Lipinski definition) is 6. The number of aliphatic hydroxyl groups excluding tert-OH is 5. The van der Waals surface area contributed by atoms with Crippen LogP contribution in [0.1, 0.15) is 12.8 Å². The topological polar surface area (TPSA) is 118 Å². The Bertz CT molecular complexity index is 48.4. The molecule has 0 heterocycles. The van der Waals surface area contributed by atoms with Gasteiger partial charge in [0.1, 0.15) is 0 Å². The monoisotopic (exact) mass is 315 g/mol. The van der Waals surface area contributed by atoms with E-state index in [4.69, 9.17) is 30.3 Å². The maximum Gasteiger partial charge on any atom is 1.00 e. The van der Waals surface area contributed by atoms with Crippen LogP contribution in [0.25, 0.3) is 0 Å². The van der Waals surface area contributed by atoms with Gasteiger partial charge in [-0.3, -0.25) is 6.79 Å². The van der Waals surface area contributed by atoms with E-state index in [1.54, 1.807) is 0 Å². The van der Waals surface area contributed by atoms with Crippen molar-refractivity contribution in [3.63, 3.8) is 0 Å². The van der Waals surface area contributed by atoms with Crippen LogP contribution < -0.4 is 0 Å². The van der Waals surface area contributed by atoms with Gasteiger partial charge in [-0.2, -0.15) is 0 Å². The summed E-state index contributed by atoms with van der Waals surface area (Å²) in [6.45, 7) is 3.62. The van der Waals surface area contributed by atoms with Crippen LogP contribution in [0.15, 0.2) is 0 Å². The SMILES string of the molecule is CO.OCCCO.OCCCO.[CH-]=O.[Ru+].